The van der Waals surface area contributed by atoms with Crippen LogP contribution in [0.5, 0.6) is 11.5 Å². The van der Waals surface area contributed by atoms with Crippen molar-refractivity contribution in [2.75, 3.05) is 6.61 Å². The lowest BCUT2D eigenvalue weighted by molar-refractivity contribution is -0.219. The van der Waals surface area contributed by atoms with Crippen molar-refractivity contribution in [3.05, 3.63) is 59.7 Å². The van der Waals surface area contributed by atoms with Gasteiger partial charge in [0, 0.05) is 6.07 Å². The standard InChI is InChI=1S/C20H20O5/c1-14-9-10-23-20(24-14)19(22)25-18-12-16(11-17(21)13-18)8-7-15-5-3-2-4-6-15/h2-8,11-14,20-21H,9-10H2,1H3/b8-7+/t14-,20+/m1/s1. The van der Waals surface area contributed by atoms with Crippen molar-refractivity contribution < 1.29 is 24.1 Å². The van der Waals surface area contributed by atoms with Crippen LogP contribution >= 0.6 is 0 Å². The lowest BCUT2D eigenvalue weighted by Gasteiger charge is -2.26. The summed E-state index contributed by atoms with van der Waals surface area (Å²) in [6.45, 7) is 2.33. The first kappa shape index (κ1) is 17.2. The predicted molar refractivity (Wildman–Crippen MR) is 94.0 cm³/mol. The predicted octanol–water partition coefficient (Wildman–Crippen LogP) is 3.62. The molecule has 1 fully saturated rings. The normalized spacial score (nSPS) is 20.5. The molecule has 2 aromatic carbocycles. The number of carbonyl (C=O) groups is 1. The number of ether oxygens (including phenoxy) is 3. The minimum absolute atomic E-state index is 0.0110. The minimum atomic E-state index is -1.03. The Hall–Kier alpha value is -2.63. The van der Waals surface area contributed by atoms with Crippen LogP contribution in [-0.4, -0.2) is 30.1 Å². The summed E-state index contributed by atoms with van der Waals surface area (Å²) in [4.78, 5) is 12.1. The molecule has 1 saturated heterocycles. The molecule has 0 aromatic heterocycles. The van der Waals surface area contributed by atoms with E-state index in [4.69, 9.17) is 14.2 Å². The summed E-state index contributed by atoms with van der Waals surface area (Å²) < 4.78 is 16.0. The van der Waals surface area contributed by atoms with Crippen LogP contribution in [-0.2, 0) is 14.3 Å². The third-order valence-electron chi connectivity index (χ3n) is 3.74. The monoisotopic (exact) mass is 340 g/mol. The number of phenolic OH excluding ortho intramolecular Hbond substituents is 1. The molecule has 0 amide bonds. The third-order valence-corrected chi connectivity index (χ3v) is 3.74. The second-order valence-corrected chi connectivity index (χ2v) is 5.86. The summed E-state index contributed by atoms with van der Waals surface area (Å²) in [7, 11) is 0. The molecule has 0 aliphatic carbocycles. The molecule has 5 nitrogen and oxygen atoms in total. The van der Waals surface area contributed by atoms with Crippen molar-refractivity contribution in [1.29, 1.82) is 0 Å². The molecular formula is C20H20O5. The van der Waals surface area contributed by atoms with Crippen LogP contribution in [0.25, 0.3) is 12.2 Å². The van der Waals surface area contributed by atoms with Gasteiger partial charge in [-0.1, -0.05) is 42.5 Å². The number of hydrogen-bond donors (Lipinski definition) is 1. The molecule has 3 rings (SSSR count). The van der Waals surface area contributed by atoms with Crippen LogP contribution in [0, 0.1) is 0 Å². The molecule has 130 valence electrons. The zero-order valence-electron chi connectivity index (χ0n) is 13.9. The summed E-state index contributed by atoms with van der Waals surface area (Å²) in [5.74, 6) is -0.380. The Morgan fingerprint density at radius 2 is 1.92 bits per heavy atom. The van der Waals surface area contributed by atoms with Crippen LogP contribution in [0.4, 0.5) is 0 Å². The molecule has 1 heterocycles. The smallest absolute Gasteiger partial charge is 0.368 e. The highest BCUT2D eigenvalue weighted by atomic mass is 16.7. The Morgan fingerprint density at radius 3 is 2.68 bits per heavy atom. The van der Waals surface area contributed by atoms with Crippen LogP contribution in [0.2, 0.25) is 0 Å². The fourth-order valence-electron chi connectivity index (χ4n) is 2.46. The van der Waals surface area contributed by atoms with E-state index >= 15 is 0 Å². The van der Waals surface area contributed by atoms with Gasteiger partial charge in [-0.2, -0.15) is 0 Å². The Labute approximate surface area is 146 Å². The minimum Gasteiger partial charge on any atom is -0.508 e. The largest absolute Gasteiger partial charge is 0.508 e. The Balaban J connectivity index is 1.71. The van der Waals surface area contributed by atoms with E-state index in [0.29, 0.717) is 12.2 Å². The first-order chi connectivity index (χ1) is 12.1. The summed E-state index contributed by atoms with van der Waals surface area (Å²) in [5.41, 5.74) is 1.74. The van der Waals surface area contributed by atoms with Crippen LogP contribution < -0.4 is 4.74 Å². The lowest BCUT2D eigenvalue weighted by Crippen LogP contribution is -2.38. The number of hydrogen-bond acceptors (Lipinski definition) is 5. The number of esters is 1. The Morgan fingerprint density at radius 1 is 1.16 bits per heavy atom. The van der Waals surface area contributed by atoms with Gasteiger partial charge in [-0.3, -0.25) is 0 Å². The molecule has 2 aromatic rings. The number of carbonyl (C=O) groups excluding carboxylic acids is 1. The molecule has 5 heteroatoms. The van der Waals surface area contributed by atoms with Crippen molar-refractivity contribution in [3.8, 4) is 11.5 Å². The van der Waals surface area contributed by atoms with Gasteiger partial charge in [-0.25, -0.2) is 4.79 Å². The van der Waals surface area contributed by atoms with Crippen LogP contribution in [0.15, 0.2) is 48.5 Å². The average Bonchev–Trinajstić information content (AvgIpc) is 2.60. The molecule has 1 aliphatic heterocycles. The molecule has 0 unspecified atom stereocenters. The van der Waals surface area contributed by atoms with Crippen molar-refractivity contribution >= 4 is 18.1 Å². The van der Waals surface area contributed by atoms with Gasteiger partial charge in [0.05, 0.1) is 12.7 Å². The Bertz CT molecular complexity index is 754. The van der Waals surface area contributed by atoms with Crippen LogP contribution in [0.1, 0.15) is 24.5 Å². The van der Waals surface area contributed by atoms with Gasteiger partial charge in [-0.05, 0) is 36.6 Å². The molecule has 1 aliphatic rings. The highest BCUT2D eigenvalue weighted by molar-refractivity contribution is 5.77. The summed E-state index contributed by atoms with van der Waals surface area (Å²) >= 11 is 0. The molecule has 0 saturated carbocycles. The topological polar surface area (TPSA) is 65.0 Å². The molecule has 0 bridgehead atoms. The second-order valence-electron chi connectivity index (χ2n) is 5.86. The highest BCUT2D eigenvalue weighted by Gasteiger charge is 2.28. The van der Waals surface area contributed by atoms with E-state index in [1.54, 1.807) is 12.1 Å². The van der Waals surface area contributed by atoms with Gasteiger partial charge >= 0.3 is 5.97 Å². The molecule has 25 heavy (non-hydrogen) atoms. The quantitative estimate of drug-likeness (QED) is 0.523. The van der Waals surface area contributed by atoms with E-state index < -0.39 is 12.3 Å². The maximum absolute atomic E-state index is 12.1. The molecule has 2 atom stereocenters. The van der Waals surface area contributed by atoms with Gasteiger partial charge in [0.1, 0.15) is 11.5 Å². The fourth-order valence-corrected chi connectivity index (χ4v) is 2.46. The van der Waals surface area contributed by atoms with Crippen molar-refractivity contribution in [3.63, 3.8) is 0 Å². The van der Waals surface area contributed by atoms with Crippen molar-refractivity contribution in [1.82, 2.24) is 0 Å². The molecule has 0 radical (unpaired) electrons. The lowest BCUT2D eigenvalue weighted by atomic mass is 10.1. The van der Waals surface area contributed by atoms with Gasteiger partial charge in [-0.15, -0.1) is 0 Å². The average molecular weight is 340 g/mol. The maximum Gasteiger partial charge on any atom is 0.368 e. The first-order valence-corrected chi connectivity index (χ1v) is 8.16. The van der Waals surface area contributed by atoms with E-state index in [0.717, 1.165) is 12.0 Å². The van der Waals surface area contributed by atoms with Crippen LogP contribution in [0.3, 0.4) is 0 Å². The van der Waals surface area contributed by atoms with E-state index in [1.165, 1.54) is 6.07 Å². The SMILES string of the molecule is C[C@@H]1CCO[C@H](C(=O)Oc2cc(O)cc(/C=C/c3ccccc3)c2)O1. The zero-order valence-corrected chi connectivity index (χ0v) is 13.9. The number of rotatable bonds is 4. The van der Waals surface area contributed by atoms with E-state index in [1.807, 2.05) is 49.4 Å². The van der Waals surface area contributed by atoms with E-state index in [-0.39, 0.29) is 17.6 Å². The van der Waals surface area contributed by atoms with E-state index in [2.05, 4.69) is 0 Å². The number of aromatic hydroxyl groups is 1. The third kappa shape index (κ3) is 4.92. The highest BCUT2D eigenvalue weighted by Crippen LogP contribution is 2.24. The van der Waals surface area contributed by atoms with Gasteiger partial charge < -0.3 is 19.3 Å². The van der Waals surface area contributed by atoms with Gasteiger partial charge in [0.25, 0.3) is 6.29 Å². The first-order valence-electron chi connectivity index (χ1n) is 8.16. The Kier molecular flexibility index (Phi) is 5.48. The fraction of sp³-hybridized carbons (Fsp3) is 0.250. The molecular weight excluding hydrogens is 320 g/mol. The zero-order chi connectivity index (χ0) is 17.6. The van der Waals surface area contributed by atoms with Gasteiger partial charge in [0.2, 0.25) is 0 Å². The van der Waals surface area contributed by atoms with E-state index in [9.17, 15) is 9.90 Å². The summed E-state index contributed by atoms with van der Waals surface area (Å²) in [5, 5.41) is 9.87. The summed E-state index contributed by atoms with van der Waals surface area (Å²) in [6.07, 6.45) is 3.40. The van der Waals surface area contributed by atoms with Crippen molar-refractivity contribution in [2.24, 2.45) is 0 Å². The number of benzene rings is 2. The maximum atomic E-state index is 12.1. The van der Waals surface area contributed by atoms with Gasteiger partial charge in [0.15, 0.2) is 0 Å². The molecule has 0 spiro atoms. The second kappa shape index (κ2) is 7.96. The molecule has 1 N–H and O–H groups in total. The van der Waals surface area contributed by atoms with Crippen molar-refractivity contribution in [2.45, 2.75) is 25.7 Å². The summed E-state index contributed by atoms with van der Waals surface area (Å²) in [6, 6.07) is 14.4. The number of phenols is 1.